The van der Waals surface area contributed by atoms with Gasteiger partial charge in [0.15, 0.2) is 0 Å². The van der Waals surface area contributed by atoms with Gasteiger partial charge in [-0.3, -0.25) is 0 Å². The Kier molecular flexibility index (Phi) is 2.73. The molecule has 9 heavy (non-hydrogen) atoms. The van der Waals surface area contributed by atoms with Crippen LogP contribution in [0.1, 0.15) is 6.42 Å². The second kappa shape index (κ2) is 3.16. The molecule has 1 atom stereocenters. The van der Waals surface area contributed by atoms with Crippen LogP contribution in [-0.2, 0) is 9.47 Å². The normalized spacial score (nSPS) is 35.3. The molecule has 0 aromatic heterocycles. The molecule has 0 spiro atoms. The molecule has 54 valence electrons. The molecule has 0 aromatic rings. The lowest BCUT2D eigenvalue weighted by molar-refractivity contribution is 0.148. The fraction of sp³-hybridized carbons (Fsp3) is 1.00. The summed E-state index contributed by atoms with van der Waals surface area (Å²) in [4.78, 5) is 0. The zero-order chi connectivity index (χ0) is 6.74. The molecule has 0 bridgehead atoms. The maximum atomic E-state index is 5.23. The molecule has 1 fully saturated rings. The van der Waals surface area contributed by atoms with Crippen LogP contribution < -0.4 is 0 Å². The summed E-state index contributed by atoms with van der Waals surface area (Å²) in [7, 11) is 1.73. The molecule has 1 unspecified atom stereocenters. The molecular weight excluding hydrogens is 231 g/mol. The highest BCUT2D eigenvalue weighted by Gasteiger charge is 2.31. The largest absolute Gasteiger partial charge is 0.383 e. The number of hydrogen-bond acceptors (Lipinski definition) is 2. The lowest BCUT2D eigenvalue weighted by Crippen LogP contribution is -2.26. The summed E-state index contributed by atoms with van der Waals surface area (Å²) < 4.78 is 10.5. The van der Waals surface area contributed by atoms with E-state index in [0.717, 1.165) is 26.2 Å². The molecular formula is C6H11IO2. The second-order valence-electron chi connectivity index (χ2n) is 2.39. The average molecular weight is 242 g/mol. The molecule has 0 amide bonds. The van der Waals surface area contributed by atoms with E-state index in [2.05, 4.69) is 22.6 Å². The maximum absolute atomic E-state index is 5.23. The molecule has 0 aliphatic carbocycles. The van der Waals surface area contributed by atoms with Gasteiger partial charge in [-0.05, 0) is 6.42 Å². The average Bonchev–Trinajstić information content (AvgIpc) is 2.16. The number of halogens is 1. The number of rotatable bonds is 2. The Balaban J connectivity index is 2.32. The SMILES string of the molecule is COCC1(I)CCOC1. The minimum absolute atomic E-state index is 0.270. The number of hydrogen-bond donors (Lipinski definition) is 0. The summed E-state index contributed by atoms with van der Waals surface area (Å²) >= 11 is 2.42. The van der Waals surface area contributed by atoms with Crippen molar-refractivity contribution in [1.82, 2.24) is 0 Å². The van der Waals surface area contributed by atoms with Crippen molar-refractivity contribution in [3.8, 4) is 0 Å². The lowest BCUT2D eigenvalue weighted by Gasteiger charge is -2.16. The number of methoxy groups -OCH3 is 1. The molecule has 1 aliphatic rings. The predicted octanol–water partition coefficient (Wildman–Crippen LogP) is 1.23. The van der Waals surface area contributed by atoms with Crippen LogP contribution in [0.15, 0.2) is 0 Å². The molecule has 3 heteroatoms. The van der Waals surface area contributed by atoms with E-state index in [1.165, 1.54) is 0 Å². The van der Waals surface area contributed by atoms with E-state index < -0.39 is 0 Å². The summed E-state index contributed by atoms with van der Waals surface area (Å²) in [5.41, 5.74) is 0. The summed E-state index contributed by atoms with van der Waals surface area (Å²) in [6.07, 6.45) is 1.13. The molecule has 2 nitrogen and oxygen atoms in total. The fourth-order valence-electron chi connectivity index (χ4n) is 0.955. The van der Waals surface area contributed by atoms with E-state index in [1.807, 2.05) is 0 Å². The van der Waals surface area contributed by atoms with E-state index in [4.69, 9.17) is 9.47 Å². The number of ether oxygens (including phenoxy) is 2. The standard InChI is InChI=1S/C6H11IO2/c1-8-4-6(7)2-3-9-5-6/h2-5H2,1H3. The van der Waals surface area contributed by atoms with Crippen molar-refractivity contribution in [3.63, 3.8) is 0 Å². The monoisotopic (exact) mass is 242 g/mol. The molecule has 1 saturated heterocycles. The van der Waals surface area contributed by atoms with Gasteiger partial charge in [0.05, 0.1) is 16.6 Å². The van der Waals surface area contributed by atoms with Crippen molar-refractivity contribution < 1.29 is 9.47 Å². The van der Waals surface area contributed by atoms with E-state index in [-0.39, 0.29) is 3.42 Å². The third-order valence-corrected chi connectivity index (χ3v) is 2.62. The Morgan fingerprint density at radius 1 is 1.78 bits per heavy atom. The van der Waals surface area contributed by atoms with Gasteiger partial charge in [-0.1, -0.05) is 22.6 Å². The van der Waals surface area contributed by atoms with Crippen molar-refractivity contribution in [1.29, 1.82) is 0 Å². The Bertz CT molecular complexity index is 89.1. The molecule has 0 N–H and O–H groups in total. The summed E-state index contributed by atoms with van der Waals surface area (Å²) in [6.45, 7) is 2.56. The fourth-order valence-corrected chi connectivity index (χ4v) is 1.71. The minimum atomic E-state index is 0.270. The Morgan fingerprint density at radius 2 is 2.56 bits per heavy atom. The van der Waals surface area contributed by atoms with Gasteiger partial charge in [0.1, 0.15) is 0 Å². The third kappa shape index (κ3) is 2.05. The Labute approximate surface area is 69.0 Å². The first-order valence-electron chi connectivity index (χ1n) is 3.02. The second-order valence-corrected chi connectivity index (χ2v) is 4.67. The van der Waals surface area contributed by atoms with Crippen LogP contribution in [0.4, 0.5) is 0 Å². The van der Waals surface area contributed by atoms with Crippen molar-refractivity contribution in [2.24, 2.45) is 0 Å². The van der Waals surface area contributed by atoms with Gasteiger partial charge in [0.2, 0.25) is 0 Å². The van der Waals surface area contributed by atoms with Crippen LogP contribution >= 0.6 is 22.6 Å². The molecule has 0 aromatic carbocycles. The van der Waals surface area contributed by atoms with Crippen LogP contribution in [0, 0.1) is 0 Å². The topological polar surface area (TPSA) is 18.5 Å². The zero-order valence-corrected chi connectivity index (χ0v) is 7.68. The van der Waals surface area contributed by atoms with Crippen molar-refractivity contribution in [3.05, 3.63) is 0 Å². The van der Waals surface area contributed by atoms with E-state index in [0.29, 0.717) is 0 Å². The molecule has 1 aliphatic heterocycles. The van der Waals surface area contributed by atoms with Crippen LogP contribution in [0.5, 0.6) is 0 Å². The zero-order valence-electron chi connectivity index (χ0n) is 5.52. The van der Waals surface area contributed by atoms with Gasteiger partial charge in [-0.15, -0.1) is 0 Å². The molecule has 1 rings (SSSR count). The smallest absolute Gasteiger partial charge is 0.0709 e. The van der Waals surface area contributed by atoms with Gasteiger partial charge in [0, 0.05) is 13.7 Å². The summed E-state index contributed by atoms with van der Waals surface area (Å²) in [5, 5.41) is 0. The highest BCUT2D eigenvalue weighted by atomic mass is 127. The Morgan fingerprint density at radius 3 is 3.00 bits per heavy atom. The van der Waals surface area contributed by atoms with Crippen molar-refractivity contribution in [2.45, 2.75) is 9.84 Å². The highest BCUT2D eigenvalue weighted by molar-refractivity contribution is 14.1. The quantitative estimate of drug-likeness (QED) is 0.535. The van der Waals surface area contributed by atoms with E-state index in [9.17, 15) is 0 Å². The van der Waals surface area contributed by atoms with Crippen LogP contribution in [-0.4, -0.2) is 30.4 Å². The minimum Gasteiger partial charge on any atom is -0.383 e. The molecule has 0 radical (unpaired) electrons. The van der Waals surface area contributed by atoms with Crippen molar-refractivity contribution in [2.75, 3.05) is 26.9 Å². The third-order valence-electron chi connectivity index (χ3n) is 1.46. The highest BCUT2D eigenvalue weighted by Crippen LogP contribution is 2.28. The first-order chi connectivity index (χ1) is 4.27. The molecule has 0 saturated carbocycles. The van der Waals surface area contributed by atoms with Gasteiger partial charge in [-0.25, -0.2) is 0 Å². The molecule has 1 heterocycles. The van der Waals surface area contributed by atoms with Gasteiger partial charge in [-0.2, -0.15) is 0 Å². The van der Waals surface area contributed by atoms with E-state index >= 15 is 0 Å². The summed E-state index contributed by atoms with van der Waals surface area (Å²) in [5.74, 6) is 0. The number of alkyl halides is 1. The van der Waals surface area contributed by atoms with E-state index in [1.54, 1.807) is 7.11 Å². The van der Waals surface area contributed by atoms with Crippen LogP contribution in [0.2, 0.25) is 0 Å². The lowest BCUT2D eigenvalue weighted by atomic mass is 10.1. The first-order valence-corrected chi connectivity index (χ1v) is 4.10. The first kappa shape index (κ1) is 7.75. The predicted molar refractivity (Wildman–Crippen MR) is 44.1 cm³/mol. The van der Waals surface area contributed by atoms with Crippen LogP contribution in [0.3, 0.4) is 0 Å². The summed E-state index contributed by atoms with van der Waals surface area (Å²) in [6, 6.07) is 0. The van der Waals surface area contributed by atoms with Crippen LogP contribution in [0.25, 0.3) is 0 Å². The van der Waals surface area contributed by atoms with Crippen molar-refractivity contribution >= 4 is 22.6 Å². The Hall–Kier alpha value is 0.650. The van der Waals surface area contributed by atoms with Gasteiger partial charge < -0.3 is 9.47 Å². The van der Waals surface area contributed by atoms with Gasteiger partial charge in [0.25, 0.3) is 0 Å². The maximum Gasteiger partial charge on any atom is 0.0709 e. The van der Waals surface area contributed by atoms with Gasteiger partial charge >= 0.3 is 0 Å².